The van der Waals surface area contributed by atoms with Crippen LogP contribution in [0.1, 0.15) is 0 Å². The van der Waals surface area contributed by atoms with Crippen LogP contribution in [0.25, 0.3) is 0 Å². The van der Waals surface area contributed by atoms with Crippen molar-refractivity contribution in [3.05, 3.63) is 0 Å². The Hall–Kier alpha value is -0.470. The maximum absolute atomic E-state index is 11.7. The molecule has 1 amide bonds. The van der Waals surface area contributed by atoms with Gasteiger partial charge in [-0.15, -0.1) is 11.8 Å². The van der Waals surface area contributed by atoms with Crippen LogP contribution in [0, 0.1) is 0 Å². The number of carbonyl (C=O) groups excluding carboxylic acids is 1. The monoisotopic (exact) mass is 258 g/mol. The molecule has 1 unspecified atom stereocenters. The summed E-state index contributed by atoms with van der Waals surface area (Å²) in [5.74, 6) is 1.22. The number of thioether (sulfide) groups is 1. The van der Waals surface area contributed by atoms with Crippen LogP contribution in [0.15, 0.2) is 0 Å². The topological polar surface area (TPSA) is 50.4 Å². The summed E-state index contributed by atoms with van der Waals surface area (Å²) < 4.78 is 39.3. The fraction of sp³-hybridized carbons (Fsp3) is 0.875. The highest BCUT2D eigenvalue weighted by Crippen LogP contribution is 2.14. The maximum atomic E-state index is 11.7. The van der Waals surface area contributed by atoms with Gasteiger partial charge in [-0.2, -0.15) is 13.2 Å². The first-order valence-electron chi connectivity index (χ1n) is 4.72. The van der Waals surface area contributed by atoms with Gasteiger partial charge in [-0.3, -0.25) is 10.1 Å². The lowest BCUT2D eigenvalue weighted by molar-refractivity contribution is -0.173. The summed E-state index contributed by atoms with van der Waals surface area (Å²) in [5, 5.41) is 5.46. The van der Waals surface area contributed by atoms with Crippen LogP contribution in [0.4, 0.5) is 13.2 Å². The lowest BCUT2D eigenvalue weighted by Gasteiger charge is -2.11. The lowest BCUT2D eigenvalue weighted by atomic mass is 10.3. The van der Waals surface area contributed by atoms with Crippen molar-refractivity contribution in [3.8, 4) is 0 Å². The van der Waals surface area contributed by atoms with E-state index in [1.807, 2.05) is 0 Å². The van der Waals surface area contributed by atoms with E-state index in [0.29, 0.717) is 5.75 Å². The number of hydrogen-bond donors (Lipinski definition) is 2. The predicted molar refractivity (Wildman–Crippen MR) is 54.1 cm³/mol. The molecule has 0 aliphatic carbocycles. The van der Waals surface area contributed by atoms with Gasteiger partial charge in [-0.1, -0.05) is 0 Å². The second-order valence-electron chi connectivity index (χ2n) is 3.23. The minimum atomic E-state index is -4.31. The van der Waals surface area contributed by atoms with Gasteiger partial charge in [0.05, 0.1) is 12.6 Å². The SMILES string of the molecule is O=C(NCCOCC(F)(F)F)C1CSCN1. The highest BCUT2D eigenvalue weighted by atomic mass is 32.2. The molecule has 0 aromatic carbocycles. The summed E-state index contributed by atoms with van der Waals surface area (Å²) >= 11 is 1.61. The zero-order valence-corrected chi connectivity index (χ0v) is 9.29. The van der Waals surface area contributed by atoms with Crippen molar-refractivity contribution >= 4 is 17.7 Å². The van der Waals surface area contributed by atoms with Crippen molar-refractivity contribution in [1.82, 2.24) is 10.6 Å². The molecule has 0 aromatic heterocycles. The number of rotatable bonds is 5. The molecule has 4 nitrogen and oxygen atoms in total. The maximum Gasteiger partial charge on any atom is 0.411 e. The molecule has 94 valence electrons. The third-order valence-electron chi connectivity index (χ3n) is 1.84. The molecule has 0 radical (unpaired) electrons. The van der Waals surface area contributed by atoms with Gasteiger partial charge in [0.15, 0.2) is 0 Å². The molecule has 1 aliphatic heterocycles. The van der Waals surface area contributed by atoms with E-state index < -0.39 is 12.8 Å². The van der Waals surface area contributed by atoms with E-state index in [2.05, 4.69) is 15.4 Å². The molecule has 1 aliphatic rings. The highest BCUT2D eigenvalue weighted by Gasteiger charge is 2.27. The average molecular weight is 258 g/mol. The summed E-state index contributed by atoms with van der Waals surface area (Å²) in [5.41, 5.74) is 0. The van der Waals surface area contributed by atoms with Crippen LogP contribution in [0.3, 0.4) is 0 Å². The van der Waals surface area contributed by atoms with Gasteiger partial charge in [0.2, 0.25) is 5.91 Å². The molecule has 16 heavy (non-hydrogen) atoms. The Morgan fingerprint density at radius 1 is 1.56 bits per heavy atom. The third kappa shape index (κ3) is 5.57. The van der Waals surface area contributed by atoms with Crippen LogP contribution in [0.2, 0.25) is 0 Å². The molecule has 0 saturated carbocycles. The largest absolute Gasteiger partial charge is 0.411 e. The second-order valence-corrected chi connectivity index (χ2v) is 4.26. The first-order chi connectivity index (χ1) is 7.49. The number of nitrogens with one attached hydrogen (secondary N) is 2. The van der Waals surface area contributed by atoms with Crippen LogP contribution in [-0.2, 0) is 9.53 Å². The van der Waals surface area contributed by atoms with E-state index in [4.69, 9.17) is 0 Å². The fourth-order valence-electron chi connectivity index (χ4n) is 1.12. The Morgan fingerprint density at radius 3 is 2.88 bits per heavy atom. The molecule has 1 saturated heterocycles. The molecule has 2 N–H and O–H groups in total. The fourth-order valence-corrected chi connectivity index (χ4v) is 2.06. The number of alkyl halides is 3. The first kappa shape index (κ1) is 13.6. The Labute approximate surface area is 95.3 Å². The van der Waals surface area contributed by atoms with Crippen molar-refractivity contribution < 1.29 is 22.7 Å². The number of ether oxygens (including phenoxy) is 1. The molecule has 1 atom stereocenters. The average Bonchev–Trinajstić information content (AvgIpc) is 2.67. The Bertz CT molecular complexity index is 232. The molecule has 8 heteroatoms. The summed E-state index contributed by atoms with van der Waals surface area (Å²) in [7, 11) is 0. The zero-order valence-electron chi connectivity index (χ0n) is 8.47. The number of halogens is 3. The van der Waals surface area contributed by atoms with Gasteiger partial charge in [0.25, 0.3) is 0 Å². The quantitative estimate of drug-likeness (QED) is 0.698. The molecule has 1 heterocycles. The van der Waals surface area contributed by atoms with Gasteiger partial charge >= 0.3 is 6.18 Å². The van der Waals surface area contributed by atoms with Gasteiger partial charge in [-0.05, 0) is 0 Å². The first-order valence-corrected chi connectivity index (χ1v) is 5.88. The minimum absolute atomic E-state index is 0.0950. The molecule has 1 rings (SSSR count). The summed E-state index contributed by atoms with van der Waals surface area (Å²) in [4.78, 5) is 11.3. The molecular weight excluding hydrogens is 245 g/mol. The van der Waals surface area contributed by atoms with Crippen molar-refractivity contribution in [2.75, 3.05) is 31.4 Å². The lowest BCUT2D eigenvalue weighted by Crippen LogP contribution is -2.43. The van der Waals surface area contributed by atoms with Gasteiger partial charge < -0.3 is 10.1 Å². The van der Waals surface area contributed by atoms with Crippen molar-refractivity contribution in [2.45, 2.75) is 12.2 Å². The molecule has 0 aromatic rings. The van der Waals surface area contributed by atoms with Crippen LogP contribution in [0.5, 0.6) is 0 Å². The van der Waals surface area contributed by atoms with Crippen molar-refractivity contribution in [3.63, 3.8) is 0 Å². The number of amides is 1. The Morgan fingerprint density at radius 2 is 2.31 bits per heavy atom. The third-order valence-corrected chi connectivity index (χ3v) is 2.78. The molecule has 0 spiro atoms. The Kier molecular flexibility index (Phi) is 5.36. The van der Waals surface area contributed by atoms with E-state index in [9.17, 15) is 18.0 Å². The molecular formula is C8H13F3N2O2S. The normalized spacial score (nSPS) is 21.1. The van der Waals surface area contributed by atoms with Crippen LogP contribution >= 0.6 is 11.8 Å². The molecule has 0 bridgehead atoms. The smallest absolute Gasteiger partial charge is 0.370 e. The summed E-state index contributed by atoms with van der Waals surface area (Å²) in [6.45, 7) is -1.32. The van der Waals surface area contributed by atoms with E-state index in [-0.39, 0.29) is 25.1 Å². The van der Waals surface area contributed by atoms with Crippen molar-refractivity contribution in [2.24, 2.45) is 0 Å². The zero-order chi connectivity index (χ0) is 12.0. The standard InChI is InChI=1S/C8H13F3N2O2S/c9-8(10,11)4-15-2-1-12-7(14)6-3-16-5-13-6/h6,13H,1-5H2,(H,12,14). The van der Waals surface area contributed by atoms with Gasteiger partial charge in [0, 0.05) is 18.2 Å². The Balaban J connectivity index is 2.00. The number of carbonyl (C=O) groups is 1. The van der Waals surface area contributed by atoms with Gasteiger partial charge in [-0.25, -0.2) is 0 Å². The van der Waals surface area contributed by atoms with Crippen LogP contribution < -0.4 is 10.6 Å². The number of hydrogen-bond acceptors (Lipinski definition) is 4. The van der Waals surface area contributed by atoms with Crippen molar-refractivity contribution in [1.29, 1.82) is 0 Å². The predicted octanol–water partition coefficient (Wildman–Crippen LogP) is 0.344. The summed E-state index contributed by atoms with van der Waals surface area (Å²) in [6, 6.07) is -0.243. The van der Waals surface area contributed by atoms with E-state index in [0.717, 1.165) is 5.88 Å². The van der Waals surface area contributed by atoms with E-state index in [1.54, 1.807) is 11.8 Å². The highest BCUT2D eigenvalue weighted by molar-refractivity contribution is 7.99. The van der Waals surface area contributed by atoms with E-state index >= 15 is 0 Å². The van der Waals surface area contributed by atoms with Crippen LogP contribution in [-0.4, -0.2) is 49.5 Å². The van der Waals surface area contributed by atoms with Gasteiger partial charge in [0.1, 0.15) is 6.61 Å². The second kappa shape index (κ2) is 6.31. The van der Waals surface area contributed by atoms with E-state index in [1.165, 1.54) is 0 Å². The molecule has 1 fully saturated rings. The summed E-state index contributed by atoms with van der Waals surface area (Å²) in [6.07, 6.45) is -4.31. The minimum Gasteiger partial charge on any atom is -0.370 e.